The summed E-state index contributed by atoms with van der Waals surface area (Å²) in [5.41, 5.74) is 4.52. The van der Waals surface area contributed by atoms with E-state index >= 15 is 0 Å². The van der Waals surface area contributed by atoms with E-state index in [0.717, 1.165) is 32.7 Å². The van der Waals surface area contributed by atoms with Crippen molar-refractivity contribution in [1.82, 2.24) is 4.98 Å². The van der Waals surface area contributed by atoms with Gasteiger partial charge >= 0.3 is 5.91 Å². The number of phenols is 1. The summed E-state index contributed by atoms with van der Waals surface area (Å²) in [5.74, 6) is -1.07. The third-order valence-corrected chi connectivity index (χ3v) is 8.16. The van der Waals surface area contributed by atoms with Gasteiger partial charge in [0.05, 0.1) is 28.9 Å². The topological polar surface area (TPSA) is 109 Å². The molecule has 8 nitrogen and oxygen atoms in total. The molecule has 0 saturated carbocycles. The lowest BCUT2D eigenvalue weighted by Crippen LogP contribution is -2.29. The van der Waals surface area contributed by atoms with E-state index in [1.54, 1.807) is 30.3 Å². The quantitative estimate of drug-likeness (QED) is 0.197. The van der Waals surface area contributed by atoms with Crippen LogP contribution in [0.2, 0.25) is 0 Å². The number of ether oxygens (including phenoxy) is 2. The predicted molar refractivity (Wildman–Crippen MR) is 149 cm³/mol. The Kier molecular flexibility index (Phi) is 5.84. The smallest absolute Gasteiger partial charge is 0.301 e. The van der Waals surface area contributed by atoms with Gasteiger partial charge in [-0.25, -0.2) is 4.98 Å². The van der Waals surface area contributed by atoms with Gasteiger partial charge in [0.1, 0.15) is 17.6 Å². The summed E-state index contributed by atoms with van der Waals surface area (Å²) in [4.78, 5) is 33.3. The Bertz CT molecular complexity index is 1720. The number of phenolic OH excluding ortho intramolecular Hbond substituents is 1. The van der Waals surface area contributed by atoms with Crippen LogP contribution in [0.1, 0.15) is 40.8 Å². The third-order valence-electron chi connectivity index (χ3n) is 7.16. The zero-order chi connectivity index (χ0) is 27.6. The molecule has 3 aromatic carbocycles. The molecule has 1 saturated heterocycles. The Balaban J connectivity index is 1.56. The van der Waals surface area contributed by atoms with Crippen LogP contribution in [0.3, 0.4) is 0 Å². The largest absolute Gasteiger partial charge is 0.507 e. The summed E-state index contributed by atoms with van der Waals surface area (Å²) in [6, 6.07) is 12.9. The minimum absolute atomic E-state index is 0.0126. The highest BCUT2D eigenvalue weighted by Gasteiger charge is 2.48. The fourth-order valence-corrected chi connectivity index (χ4v) is 6.56. The maximum atomic E-state index is 13.6. The molecule has 4 aromatic rings. The van der Waals surface area contributed by atoms with Crippen molar-refractivity contribution in [2.45, 2.75) is 39.3 Å². The van der Waals surface area contributed by atoms with Crippen LogP contribution >= 0.6 is 11.3 Å². The standard InChI is InChI=1S/C30H26N2O6S/c1-14-9-15(2)25-23(10-14)39-30(31-25)32-26(17-5-7-20(33)22(13-17)37-4)24(28(35)29(32)36)27(34)18-6-8-21-19(12-18)11-16(3)38-21/h5-10,12-13,16,26,33-34H,11H2,1-4H3/b27-24+. The normalized spacial score (nSPS) is 19.9. The summed E-state index contributed by atoms with van der Waals surface area (Å²) < 4.78 is 12.0. The number of fused-ring (bicyclic) bond motifs is 2. The number of amides is 1. The molecule has 0 bridgehead atoms. The lowest BCUT2D eigenvalue weighted by Gasteiger charge is -2.23. The van der Waals surface area contributed by atoms with Gasteiger partial charge in [-0.1, -0.05) is 23.5 Å². The first-order valence-electron chi connectivity index (χ1n) is 12.5. The highest BCUT2D eigenvalue weighted by molar-refractivity contribution is 7.22. The Hall–Kier alpha value is -4.37. The van der Waals surface area contributed by atoms with Crippen LogP contribution in [-0.2, 0) is 16.0 Å². The van der Waals surface area contributed by atoms with Gasteiger partial charge in [-0.2, -0.15) is 0 Å². The molecule has 0 radical (unpaired) electrons. The van der Waals surface area contributed by atoms with Gasteiger partial charge in [0.25, 0.3) is 5.78 Å². The van der Waals surface area contributed by atoms with E-state index in [2.05, 4.69) is 0 Å². The number of aromatic hydroxyl groups is 1. The van der Waals surface area contributed by atoms with Crippen molar-refractivity contribution in [1.29, 1.82) is 0 Å². The van der Waals surface area contributed by atoms with E-state index in [1.807, 2.05) is 32.9 Å². The summed E-state index contributed by atoms with van der Waals surface area (Å²) in [5, 5.41) is 22.1. The second-order valence-corrected chi connectivity index (χ2v) is 11.0. The number of aliphatic hydroxyl groups is 1. The van der Waals surface area contributed by atoms with E-state index in [0.29, 0.717) is 22.7 Å². The molecule has 1 amide bonds. The molecule has 2 unspecified atom stereocenters. The van der Waals surface area contributed by atoms with Gasteiger partial charge in [0.2, 0.25) is 0 Å². The van der Waals surface area contributed by atoms with Gasteiger partial charge in [-0.3, -0.25) is 14.5 Å². The van der Waals surface area contributed by atoms with Crippen LogP contribution in [0.15, 0.2) is 54.1 Å². The first kappa shape index (κ1) is 24.9. The number of Topliss-reactive ketones (excluding diaryl/α,β-unsaturated/α-hetero) is 1. The number of ketones is 1. The number of aromatic nitrogens is 1. The van der Waals surface area contributed by atoms with E-state index < -0.39 is 17.7 Å². The van der Waals surface area contributed by atoms with Crippen molar-refractivity contribution in [2.24, 2.45) is 0 Å². The zero-order valence-electron chi connectivity index (χ0n) is 21.8. The number of aryl methyl sites for hydroxylation is 2. The maximum Gasteiger partial charge on any atom is 0.301 e. The number of rotatable bonds is 4. The Morgan fingerprint density at radius 3 is 2.69 bits per heavy atom. The lowest BCUT2D eigenvalue weighted by atomic mass is 9.94. The molecule has 6 rings (SSSR count). The maximum absolute atomic E-state index is 13.6. The first-order chi connectivity index (χ1) is 18.7. The molecule has 9 heteroatoms. The van der Waals surface area contributed by atoms with Crippen LogP contribution in [0.5, 0.6) is 17.2 Å². The number of carbonyl (C=O) groups excluding carboxylic acids is 2. The number of nitrogens with zero attached hydrogens (tertiary/aromatic N) is 2. The molecule has 3 heterocycles. The Morgan fingerprint density at radius 2 is 1.92 bits per heavy atom. The molecule has 2 N–H and O–H groups in total. The fraction of sp³-hybridized carbons (Fsp3) is 0.233. The number of hydrogen-bond donors (Lipinski definition) is 2. The zero-order valence-corrected chi connectivity index (χ0v) is 22.6. The second-order valence-electron chi connectivity index (χ2n) is 9.98. The monoisotopic (exact) mass is 542 g/mol. The Morgan fingerprint density at radius 1 is 1.13 bits per heavy atom. The van der Waals surface area contributed by atoms with Gasteiger partial charge in [0, 0.05) is 12.0 Å². The summed E-state index contributed by atoms with van der Waals surface area (Å²) in [6.07, 6.45) is 0.687. The number of aliphatic hydroxyl groups excluding tert-OH is 1. The molecule has 39 heavy (non-hydrogen) atoms. The number of benzene rings is 3. The van der Waals surface area contributed by atoms with Crippen molar-refractivity contribution in [2.75, 3.05) is 12.0 Å². The van der Waals surface area contributed by atoms with Gasteiger partial charge in [0.15, 0.2) is 16.6 Å². The average Bonchev–Trinajstić information content (AvgIpc) is 3.56. The molecule has 0 aliphatic carbocycles. The molecular weight excluding hydrogens is 516 g/mol. The predicted octanol–water partition coefficient (Wildman–Crippen LogP) is 5.58. The van der Waals surface area contributed by atoms with Crippen molar-refractivity contribution in [3.8, 4) is 17.2 Å². The molecule has 2 aliphatic heterocycles. The average molecular weight is 543 g/mol. The van der Waals surface area contributed by atoms with Crippen LogP contribution in [0.4, 0.5) is 5.13 Å². The van der Waals surface area contributed by atoms with Crippen molar-refractivity contribution >= 4 is 44.1 Å². The highest BCUT2D eigenvalue weighted by atomic mass is 32.1. The number of anilines is 1. The van der Waals surface area contributed by atoms with Crippen LogP contribution in [-0.4, -0.2) is 40.1 Å². The molecule has 198 valence electrons. The van der Waals surface area contributed by atoms with E-state index in [1.165, 1.54) is 29.4 Å². The third kappa shape index (κ3) is 4.01. The highest BCUT2D eigenvalue weighted by Crippen LogP contribution is 2.46. The number of thiazole rings is 1. The van der Waals surface area contributed by atoms with E-state index in [-0.39, 0.29) is 28.9 Å². The van der Waals surface area contributed by atoms with Gasteiger partial charge < -0.3 is 19.7 Å². The summed E-state index contributed by atoms with van der Waals surface area (Å²) in [7, 11) is 1.42. The van der Waals surface area contributed by atoms with Crippen LogP contribution < -0.4 is 14.4 Å². The minimum Gasteiger partial charge on any atom is -0.507 e. The Labute approximate surface area is 228 Å². The summed E-state index contributed by atoms with van der Waals surface area (Å²) in [6.45, 7) is 5.90. The lowest BCUT2D eigenvalue weighted by molar-refractivity contribution is -0.132. The summed E-state index contributed by atoms with van der Waals surface area (Å²) >= 11 is 1.31. The van der Waals surface area contributed by atoms with Crippen molar-refractivity contribution in [3.63, 3.8) is 0 Å². The van der Waals surface area contributed by atoms with Gasteiger partial charge in [-0.15, -0.1) is 0 Å². The van der Waals surface area contributed by atoms with Gasteiger partial charge in [-0.05, 0) is 79.4 Å². The van der Waals surface area contributed by atoms with E-state index in [4.69, 9.17) is 14.5 Å². The second kappa shape index (κ2) is 9.13. The van der Waals surface area contributed by atoms with Crippen LogP contribution in [0, 0.1) is 13.8 Å². The molecule has 1 fully saturated rings. The number of methoxy groups -OCH3 is 1. The van der Waals surface area contributed by atoms with Crippen molar-refractivity contribution in [3.05, 3.63) is 81.9 Å². The van der Waals surface area contributed by atoms with Crippen molar-refractivity contribution < 1.29 is 29.3 Å². The number of hydrogen-bond acceptors (Lipinski definition) is 8. The number of carbonyl (C=O) groups is 2. The molecule has 1 aromatic heterocycles. The van der Waals surface area contributed by atoms with E-state index in [9.17, 15) is 19.8 Å². The molecule has 2 atom stereocenters. The van der Waals surface area contributed by atoms with Crippen LogP contribution in [0.25, 0.3) is 16.0 Å². The molecule has 0 spiro atoms. The molecule has 2 aliphatic rings. The molecular formula is C30H26N2O6S. The minimum atomic E-state index is -0.995. The fourth-order valence-electron chi connectivity index (χ4n) is 5.40. The first-order valence-corrected chi connectivity index (χ1v) is 13.3. The SMILES string of the molecule is COc1cc(C2/C(=C(\O)c3ccc4c(c3)CC(C)O4)C(=O)C(=O)N2c2nc3c(C)cc(C)cc3s2)ccc1O.